The summed E-state index contributed by atoms with van der Waals surface area (Å²) in [5.41, 5.74) is 5.65. The molecule has 1 saturated heterocycles. The van der Waals surface area contributed by atoms with E-state index in [4.69, 9.17) is 10.5 Å². The molecule has 116 valence electrons. The van der Waals surface area contributed by atoms with Crippen molar-refractivity contribution in [1.29, 1.82) is 0 Å². The third-order valence-electron chi connectivity index (χ3n) is 3.88. The maximum atomic E-state index is 12.2. The number of hydrogen-bond donors (Lipinski definition) is 2. The molecule has 1 aliphatic rings. The largest absolute Gasteiger partial charge is 0.493 e. The summed E-state index contributed by atoms with van der Waals surface area (Å²) in [6, 6.07) is 7.13. The highest BCUT2D eigenvalue weighted by atomic mass is 16.5. The molecule has 1 aliphatic heterocycles. The van der Waals surface area contributed by atoms with Crippen LogP contribution in [0.3, 0.4) is 0 Å². The van der Waals surface area contributed by atoms with E-state index in [2.05, 4.69) is 0 Å². The lowest BCUT2D eigenvalue weighted by Crippen LogP contribution is -2.34. The standard InChI is InChI=1S/C16H24N2O3/c1-16(20)8-2-10-18(11-9-16)15(19)7-12-21-14-5-3-13(17)4-6-14/h3-6,20H,2,7-12,17H2,1H3. The first-order chi connectivity index (χ1) is 9.96. The lowest BCUT2D eigenvalue weighted by atomic mass is 9.98. The Morgan fingerprint density at radius 1 is 1.33 bits per heavy atom. The first-order valence-corrected chi connectivity index (χ1v) is 7.45. The number of rotatable bonds is 4. The van der Waals surface area contributed by atoms with E-state index >= 15 is 0 Å². The zero-order valence-electron chi connectivity index (χ0n) is 12.5. The van der Waals surface area contributed by atoms with Crippen molar-refractivity contribution < 1.29 is 14.6 Å². The van der Waals surface area contributed by atoms with Gasteiger partial charge in [-0.05, 0) is 50.5 Å². The summed E-state index contributed by atoms with van der Waals surface area (Å²) in [4.78, 5) is 14.0. The minimum absolute atomic E-state index is 0.0862. The van der Waals surface area contributed by atoms with E-state index in [9.17, 15) is 9.90 Å². The highest BCUT2D eigenvalue weighted by molar-refractivity contribution is 5.76. The number of amides is 1. The quantitative estimate of drug-likeness (QED) is 0.830. The Kier molecular flexibility index (Phi) is 5.07. The molecular weight excluding hydrogens is 268 g/mol. The van der Waals surface area contributed by atoms with Gasteiger partial charge in [0, 0.05) is 18.8 Å². The number of carbonyl (C=O) groups excluding carboxylic acids is 1. The number of hydrogen-bond acceptors (Lipinski definition) is 4. The molecule has 0 bridgehead atoms. The van der Waals surface area contributed by atoms with Gasteiger partial charge in [0.1, 0.15) is 5.75 Å². The van der Waals surface area contributed by atoms with Crippen molar-refractivity contribution in [1.82, 2.24) is 4.90 Å². The average Bonchev–Trinajstić information content (AvgIpc) is 2.62. The molecule has 0 saturated carbocycles. The van der Waals surface area contributed by atoms with Gasteiger partial charge in [0.15, 0.2) is 0 Å². The van der Waals surface area contributed by atoms with Crippen molar-refractivity contribution in [3.05, 3.63) is 24.3 Å². The molecule has 1 unspecified atom stereocenters. The van der Waals surface area contributed by atoms with Crippen molar-refractivity contribution in [2.45, 2.75) is 38.2 Å². The fourth-order valence-corrected chi connectivity index (χ4v) is 2.49. The number of likely N-dealkylation sites (tertiary alicyclic amines) is 1. The second kappa shape index (κ2) is 6.80. The van der Waals surface area contributed by atoms with Crippen LogP contribution in [0.25, 0.3) is 0 Å². The number of aliphatic hydroxyl groups is 1. The smallest absolute Gasteiger partial charge is 0.225 e. The topological polar surface area (TPSA) is 75.8 Å². The monoisotopic (exact) mass is 292 g/mol. The maximum Gasteiger partial charge on any atom is 0.225 e. The molecule has 5 nitrogen and oxygen atoms in total. The summed E-state index contributed by atoms with van der Waals surface area (Å²) in [5.74, 6) is 0.805. The molecule has 1 heterocycles. The first-order valence-electron chi connectivity index (χ1n) is 7.45. The van der Waals surface area contributed by atoms with Crippen molar-refractivity contribution in [3.8, 4) is 5.75 Å². The molecule has 1 atom stereocenters. The normalized spacial score (nSPS) is 22.7. The summed E-state index contributed by atoms with van der Waals surface area (Å²) >= 11 is 0. The summed E-state index contributed by atoms with van der Waals surface area (Å²) in [6.45, 7) is 3.53. The molecule has 3 N–H and O–H groups in total. The van der Waals surface area contributed by atoms with Gasteiger partial charge in [-0.15, -0.1) is 0 Å². The van der Waals surface area contributed by atoms with Crippen LogP contribution in [-0.2, 0) is 4.79 Å². The molecule has 0 aliphatic carbocycles. The number of carbonyl (C=O) groups is 1. The van der Waals surface area contributed by atoms with Crippen molar-refractivity contribution in [2.75, 3.05) is 25.4 Å². The summed E-state index contributed by atoms with van der Waals surface area (Å²) in [6.07, 6.45) is 2.58. The van der Waals surface area contributed by atoms with E-state index < -0.39 is 5.60 Å². The van der Waals surface area contributed by atoms with Gasteiger partial charge in [-0.25, -0.2) is 0 Å². The third kappa shape index (κ3) is 4.93. The van der Waals surface area contributed by atoms with Crippen LogP contribution in [0.2, 0.25) is 0 Å². The third-order valence-corrected chi connectivity index (χ3v) is 3.88. The Morgan fingerprint density at radius 2 is 2.05 bits per heavy atom. The van der Waals surface area contributed by atoms with E-state index in [1.807, 2.05) is 11.8 Å². The fourth-order valence-electron chi connectivity index (χ4n) is 2.49. The molecule has 0 aromatic heterocycles. The van der Waals surface area contributed by atoms with Crippen LogP contribution in [0.1, 0.15) is 32.6 Å². The van der Waals surface area contributed by atoms with Gasteiger partial charge >= 0.3 is 0 Å². The van der Waals surface area contributed by atoms with Crippen LogP contribution >= 0.6 is 0 Å². The summed E-state index contributed by atoms with van der Waals surface area (Å²) in [5, 5.41) is 10.0. The van der Waals surface area contributed by atoms with Crippen LogP contribution in [0.15, 0.2) is 24.3 Å². The van der Waals surface area contributed by atoms with Crippen molar-refractivity contribution in [3.63, 3.8) is 0 Å². The minimum Gasteiger partial charge on any atom is -0.493 e. The predicted octanol–water partition coefficient (Wildman–Crippen LogP) is 1.80. The SMILES string of the molecule is CC1(O)CCCN(C(=O)CCOc2ccc(N)cc2)CC1. The van der Waals surface area contributed by atoms with E-state index in [1.165, 1.54) is 0 Å². The van der Waals surface area contributed by atoms with E-state index in [1.54, 1.807) is 24.3 Å². The van der Waals surface area contributed by atoms with Gasteiger partial charge in [-0.3, -0.25) is 4.79 Å². The Labute approximate surface area is 125 Å². The van der Waals surface area contributed by atoms with Crippen LogP contribution < -0.4 is 10.5 Å². The van der Waals surface area contributed by atoms with Gasteiger partial charge in [-0.1, -0.05) is 0 Å². The first kappa shape index (κ1) is 15.6. The Hall–Kier alpha value is -1.75. The van der Waals surface area contributed by atoms with Gasteiger partial charge in [0.25, 0.3) is 0 Å². The molecule has 1 aromatic carbocycles. The van der Waals surface area contributed by atoms with E-state index in [0.717, 1.165) is 25.1 Å². The van der Waals surface area contributed by atoms with Crippen LogP contribution in [0.4, 0.5) is 5.69 Å². The molecule has 2 rings (SSSR count). The van der Waals surface area contributed by atoms with Gasteiger partial charge in [0.05, 0.1) is 18.6 Å². The molecular formula is C16H24N2O3. The zero-order chi connectivity index (χ0) is 15.3. The summed E-state index contributed by atoms with van der Waals surface area (Å²) in [7, 11) is 0. The van der Waals surface area contributed by atoms with E-state index in [0.29, 0.717) is 31.7 Å². The maximum absolute atomic E-state index is 12.2. The predicted molar refractivity (Wildman–Crippen MR) is 82.0 cm³/mol. The second-order valence-electron chi connectivity index (χ2n) is 5.90. The Balaban J connectivity index is 1.75. The lowest BCUT2D eigenvalue weighted by Gasteiger charge is -2.22. The molecule has 5 heteroatoms. The second-order valence-corrected chi connectivity index (χ2v) is 5.90. The molecule has 21 heavy (non-hydrogen) atoms. The molecule has 1 fully saturated rings. The van der Waals surface area contributed by atoms with Crippen molar-refractivity contribution >= 4 is 11.6 Å². The Bertz CT molecular complexity index is 471. The van der Waals surface area contributed by atoms with Crippen LogP contribution in [0.5, 0.6) is 5.75 Å². The highest BCUT2D eigenvalue weighted by Gasteiger charge is 2.26. The number of benzene rings is 1. The van der Waals surface area contributed by atoms with E-state index in [-0.39, 0.29) is 5.91 Å². The van der Waals surface area contributed by atoms with Gasteiger partial charge in [0.2, 0.25) is 5.91 Å². The number of nitrogens with zero attached hydrogens (tertiary/aromatic N) is 1. The number of nitrogen functional groups attached to an aromatic ring is 1. The summed E-state index contributed by atoms with van der Waals surface area (Å²) < 4.78 is 5.54. The van der Waals surface area contributed by atoms with Crippen molar-refractivity contribution in [2.24, 2.45) is 0 Å². The highest BCUT2D eigenvalue weighted by Crippen LogP contribution is 2.21. The lowest BCUT2D eigenvalue weighted by molar-refractivity contribution is -0.131. The zero-order valence-corrected chi connectivity index (χ0v) is 12.5. The molecule has 1 amide bonds. The minimum atomic E-state index is -0.643. The Morgan fingerprint density at radius 3 is 2.76 bits per heavy atom. The average molecular weight is 292 g/mol. The fraction of sp³-hybridized carbons (Fsp3) is 0.562. The van der Waals surface area contributed by atoms with Crippen LogP contribution in [0, 0.1) is 0 Å². The van der Waals surface area contributed by atoms with Crippen LogP contribution in [-0.4, -0.2) is 41.2 Å². The number of ether oxygens (including phenoxy) is 1. The number of nitrogens with two attached hydrogens (primary N) is 1. The molecule has 1 aromatic rings. The molecule has 0 radical (unpaired) electrons. The van der Waals surface area contributed by atoms with Gasteiger partial charge in [-0.2, -0.15) is 0 Å². The molecule has 0 spiro atoms. The van der Waals surface area contributed by atoms with Gasteiger partial charge < -0.3 is 20.5 Å². The number of anilines is 1.